The molecule has 0 aliphatic heterocycles. The number of anilines is 1. The normalized spacial score (nSPS) is 13.3. The van der Waals surface area contributed by atoms with Crippen LogP contribution in [-0.2, 0) is 23.4 Å². The number of nitrogens with one attached hydrogen (secondary N) is 2. The second-order valence-corrected chi connectivity index (χ2v) is 7.96. The summed E-state index contributed by atoms with van der Waals surface area (Å²) in [7, 11) is 1.58. The molecule has 3 rings (SSSR count). The first kappa shape index (κ1) is 25.3. The van der Waals surface area contributed by atoms with Gasteiger partial charge in [-0.05, 0) is 35.9 Å². The predicted octanol–water partition coefficient (Wildman–Crippen LogP) is 4.54. The highest BCUT2D eigenvalue weighted by molar-refractivity contribution is 5.82. The van der Waals surface area contributed by atoms with Crippen molar-refractivity contribution in [2.75, 3.05) is 25.0 Å². The Kier molecular flexibility index (Phi) is 8.31. The summed E-state index contributed by atoms with van der Waals surface area (Å²) in [6.07, 6.45) is -5.04. The monoisotopic (exact) mass is 471 g/mol. The Labute approximate surface area is 197 Å². The molecule has 0 saturated heterocycles. The van der Waals surface area contributed by atoms with Gasteiger partial charge in [0.05, 0.1) is 0 Å². The number of alkyl halides is 3. The molecule has 8 heteroatoms. The fourth-order valence-corrected chi connectivity index (χ4v) is 3.83. The van der Waals surface area contributed by atoms with Crippen LogP contribution in [0.25, 0.3) is 0 Å². The fraction of sp³-hybridized carbons (Fsp3) is 0.269. The molecule has 3 aromatic carbocycles. The zero-order valence-corrected chi connectivity index (χ0v) is 18.8. The van der Waals surface area contributed by atoms with E-state index in [1.807, 2.05) is 65.6 Å². The third kappa shape index (κ3) is 5.76. The minimum Gasteiger partial charge on any atom is -0.479 e. The number of likely N-dealkylation sites (N-methyl/N-ethyl adjacent to an activating group) is 1. The topological polar surface area (TPSA) is 64.6 Å². The largest absolute Gasteiger partial charge is 0.479 e. The number of hydrogen-bond donors (Lipinski definition) is 3. The molecule has 0 aliphatic carbocycles. The average molecular weight is 472 g/mol. The summed E-state index contributed by atoms with van der Waals surface area (Å²) >= 11 is 0. The maximum Gasteiger partial charge on any atom is 0.421 e. The van der Waals surface area contributed by atoms with E-state index < -0.39 is 17.7 Å². The third-order valence-electron chi connectivity index (χ3n) is 5.61. The number of carbonyl (C=O) groups is 1. The summed E-state index contributed by atoms with van der Waals surface area (Å²) in [6.45, 7) is 1.10. The SMILES string of the molecule is CNCCNC(C(=O)O)(c1ccc(N(Cc2ccccc2)Cc2ccccc2)cc1)C(F)(F)F. The van der Waals surface area contributed by atoms with E-state index in [1.54, 1.807) is 19.2 Å². The van der Waals surface area contributed by atoms with Gasteiger partial charge in [0.2, 0.25) is 5.54 Å². The van der Waals surface area contributed by atoms with E-state index in [-0.39, 0.29) is 18.7 Å². The van der Waals surface area contributed by atoms with Gasteiger partial charge in [0, 0.05) is 31.9 Å². The van der Waals surface area contributed by atoms with Crippen molar-refractivity contribution in [3.05, 3.63) is 102 Å². The van der Waals surface area contributed by atoms with E-state index >= 15 is 0 Å². The number of carboxylic acid groups (broad SMARTS) is 1. The third-order valence-corrected chi connectivity index (χ3v) is 5.61. The number of nitrogens with zero attached hydrogens (tertiary/aromatic N) is 1. The standard InChI is InChI=1S/C26H28F3N3O2/c1-30-16-17-31-25(24(33)34,26(27,28)29)22-12-14-23(15-13-22)32(18-20-8-4-2-5-9-20)19-21-10-6-3-7-11-21/h2-15,30-31H,16-19H2,1H3,(H,33,34). The molecule has 180 valence electrons. The van der Waals surface area contributed by atoms with Crippen molar-refractivity contribution < 1.29 is 23.1 Å². The van der Waals surface area contributed by atoms with Gasteiger partial charge in [-0.3, -0.25) is 5.32 Å². The lowest BCUT2D eigenvalue weighted by Gasteiger charge is -2.34. The molecule has 0 aromatic heterocycles. The summed E-state index contributed by atoms with van der Waals surface area (Å²) in [5.74, 6) is -1.99. The van der Waals surface area contributed by atoms with Crippen LogP contribution in [0, 0.1) is 0 Å². The first-order valence-electron chi connectivity index (χ1n) is 10.9. The van der Waals surface area contributed by atoms with Crippen molar-refractivity contribution in [1.82, 2.24) is 10.6 Å². The van der Waals surface area contributed by atoms with Crippen molar-refractivity contribution in [2.24, 2.45) is 0 Å². The molecule has 0 bridgehead atoms. The van der Waals surface area contributed by atoms with Gasteiger partial charge in [0.15, 0.2) is 0 Å². The van der Waals surface area contributed by atoms with Crippen molar-refractivity contribution in [2.45, 2.75) is 24.8 Å². The predicted molar refractivity (Wildman–Crippen MR) is 127 cm³/mol. The molecule has 0 saturated carbocycles. The summed E-state index contributed by atoms with van der Waals surface area (Å²) < 4.78 is 42.3. The molecule has 0 fully saturated rings. The summed E-state index contributed by atoms with van der Waals surface area (Å²) in [4.78, 5) is 14.0. The highest BCUT2D eigenvalue weighted by Crippen LogP contribution is 2.40. The summed E-state index contributed by atoms with van der Waals surface area (Å²) in [6, 6.07) is 25.1. The first-order valence-corrected chi connectivity index (χ1v) is 10.9. The molecule has 0 radical (unpaired) electrons. The van der Waals surface area contributed by atoms with Crippen LogP contribution in [-0.4, -0.2) is 37.4 Å². The summed E-state index contributed by atoms with van der Waals surface area (Å²) in [5.41, 5.74) is -0.788. The lowest BCUT2D eigenvalue weighted by Crippen LogP contribution is -2.60. The van der Waals surface area contributed by atoms with Crippen molar-refractivity contribution in [1.29, 1.82) is 0 Å². The number of aliphatic carboxylic acids is 1. The maximum atomic E-state index is 14.1. The van der Waals surface area contributed by atoms with Crippen molar-refractivity contribution in [3.8, 4) is 0 Å². The molecule has 0 spiro atoms. The van der Waals surface area contributed by atoms with Crippen LogP contribution in [0.5, 0.6) is 0 Å². The highest BCUT2D eigenvalue weighted by atomic mass is 19.4. The van der Waals surface area contributed by atoms with Gasteiger partial charge < -0.3 is 15.3 Å². The molecule has 1 atom stereocenters. The second-order valence-electron chi connectivity index (χ2n) is 7.96. The van der Waals surface area contributed by atoms with Gasteiger partial charge in [-0.25, -0.2) is 4.79 Å². The Morgan fingerprint density at radius 3 is 1.74 bits per heavy atom. The van der Waals surface area contributed by atoms with Crippen LogP contribution in [0.4, 0.5) is 18.9 Å². The lowest BCUT2D eigenvalue weighted by molar-refractivity contribution is -0.213. The first-order chi connectivity index (χ1) is 16.3. The number of halogens is 3. The number of rotatable bonds is 11. The minimum atomic E-state index is -5.04. The van der Waals surface area contributed by atoms with Gasteiger partial charge >= 0.3 is 12.1 Å². The van der Waals surface area contributed by atoms with Crippen LogP contribution in [0.1, 0.15) is 16.7 Å². The van der Waals surface area contributed by atoms with Gasteiger partial charge in [-0.1, -0.05) is 72.8 Å². The molecule has 0 amide bonds. The Bertz CT molecular complexity index is 1000. The van der Waals surface area contributed by atoms with Crippen LogP contribution in [0.3, 0.4) is 0 Å². The Morgan fingerprint density at radius 1 is 0.824 bits per heavy atom. The number of hydrogen-bond acceptors (Lipinski definition) is 4. The smallest absolute Gasteiger partial charge is 0.421 e. The Balaban J connectivity index is 1.96. The van der Waals surface area contributed by atoms with Gasteiger partial charge in [-0.2, -0.15) is 13.2 Å². The maximum absolute atomic E-state index is 14.1. The Morgan fingerprint density at radius 2 is 1.32 bits per heavy atom. The molecule has 0 aliphatic rings. The molecule has 34 heavy (non-hydrogen) atoms. The van der Waals surface area contributed by atoms with Gasteiger partial charge in [0.25, 0.3) is 0 Å². The number of carboxylic acids is 1. The van der Waals surface area contributed by atoms with Crippen LogP contribution >= 0.6 is 0 Å². The van der Waals surface area contributed by atoms with Crippen LogP contribution in [0.2, 0.25) is 0 Å². The molecule has 3 aromatic rings. The van der Waals surface area contributed by atoms with Crippen molar-refractivity contribution >= 4 is 11.7 Å². The van der Waals surface area contributed by atoms with Crippen LogP contribution in [0.15, 0.2) is 84.9 Å². The highest BCUT2D eigenvalue weighted by Gasteiger charge is 2.62. The minimum absolute atomic E-state index is 0.168. The average Bonchev–Trinajstić information content (AvgIpc) is 2.82. The second kappa shape index (κ2) is 11.2. The quantitative estimate of drug-likeness (QED) is 0.358. The zero-order chi connectivity index (χ0) is 24.6. The van der Waals surface area contributed by atoms with E-state index in [4.69, 9.17) is 0 Å². The van der Waals surface area contributed by atoms with E-state index in [1.165, 1.54) is 12.1 Å². The Hall–Kier alpha value is -3.36. The van der Waals surface area contributed by atoms with E-state index in [0.717, 1.165) is 11.1 Å². The lowest BCUT2D eigenvalue weighted by atomic mass is 9.88. The van der Waals surface area contributed by atoms with E-state index in [2.05, 4.69) is 10.6 Å². The molecule has 5 nitrogen and oxygen atoms in total. The van der Waals surface area contributed by atoms with Crippen molar-refractivity contribution in [3.63, 3.8) is 0 Å². The van der Waals surface area contributed by atoms with Crippen LogP contribution < -0.4 is 15.5 Å². The van der Waals surface area contributed by atoms with E-state index in [0.29, 0.717) is 18.8 Å². The van der Waals surface area contributed by atoms with Gasteiger partial charge in [-0.15, -0.1) is 0 Å². The van der Waals surface area contributed by atoms with Gasteiger partial charge in [0.1, 0.15) is 0 Å². The fourth-order valence-electron chi connectivity index (χ4n) is 3.83. The number of benzene rings is 3. The zero-order valence-electron chi connectivity index (χ0n) is 18.8. The molecule has 0 heterocycles. The molecular weight excluding hydrogens is 443 g/mol. The molecular formula is C26H28F3N3O2. The summed E-state index contributed by atoms with van der Waals surface area (Å²) in [5, 5.41) is 14.6. The van der Waals surface area contributed by atoms with E-state index in [9.17, 15) is 23.1 Å². The molecule has 1 unspecified atom stereocenters. The molecule has 3 N–H and O–H groups in total.